The minimum Gasteiger partial charge on any atom is -0.368 e. The summed E-state index contributed by atoms with van der Waals surface area (Å²) >= 11 is 0. The van der Waals surface area contributed by atoms with Crippen LogP contribution in [0.3, 0.4) is 0 Å². The highest BCUT2D eigenvalue weighted by molar-refractivity contribution is 5.95. The van der Waals surface area contributed by atoms with Gasteiger partial charge in [-0.05, 0) is 27.2 Å². The molecule has 0 aliphatic rings. The lowest BCUT2D eigenvalue weighted by atomic mass is 10.1. The van der Waals surface area contributed by atoms with E-state index in [0.717, 1.165) is 12.8 Å². The number of hydrogen-bond acceptors (Lipinski definition) is 3. The van der Waals surface area contributed by atoms with Crippen LogP contribution >= 0.6 is 0 Å². The van der Waals surface area contributed by atoms with Crippen LogP contribution in [0.25, 0.3) is 0 Å². The zero-order chi connectivity index (χ0) is 15.3. The van der Waals surface area contributed by atoms with Gasteiger partial charge in [0.2, 0.25) is 5.91 Å². The zero-order valence-electron chi connectivity index (χ0n) is 12.7. The predicted octanol–water partition coefficient (Wildman–Crippen LogP) is 1.37. The summed E-state index contributed by atoms with van der Waals surface area (Å²) in [6, 6.07) is 0. The molecule has 0 spiro atoms. The Kier molecular flexibility index (Phi) is 5.30. The monoisotopic (exact) mass is 280 g/mol. The van der Waals surface area contributed by atoms with Crippen molar-refractivity contribution in [3.63, 3.8) is 0 Å². The van der Waals surface area contributed by atoms with Gasteiger partial charge in [-0.3, -0.25) is 14.3 Å². The van der Waals surface area contributed by atoms with Crippen LogP contribution in [0.1, 0.15) is 50.9 Å². The molecule has 0 unspecified atom stereocenters. The minimum absolute atomic E-state index is 0.0560. The summed E-state index contributed by atoms with van der Waals surface area (Å²) in [5.41, 5.74) is 5.50. The predicted molar refractivity (Wildman–Crippen MR) is 77.2 cm³/mol. The van der Waals surface area contributed by atoms with E-state index in [-0.39, 0.29) is 18.0 Å². The fraction of sp³-hybridized carbons (Fsp3) is 0.643. The highest BCUT2D eigenvalue weighted by Crippen LogP contribution is 2.14. The summed E-state index contributed by atoms with van der Waals surface area (Å²) in [4.78, 5) is 25.0. The van der Waals surface area contributed by atoms with Crippen LogP contribution in [0.15, 0.2) is 12.4 Å². The normalized spacial score (nSPS) is 11.4. The van der Waals surface area contributed by atoms with Crippen LogP contribution in [0.4, 0.5) is 0 Å². The van der Waals surface area contributed by atoms with Gasteiger partial charge < -0.3 is 10.6 Å². The molecule has 1 heterocycles. The van der Waals surface area contributed by atoms with Gasteiger partial charge in [0.1, 0.15) is 0 Å². The molecule has 6 nitrogen and oxygen atoms in total. The van der Waals surface area contributed by atoms with E-state index in [2.05, 4.69) is 5.10 Å². The van der Waals surface area contributed by atoms with Crippen LogP contribution < -0.4 is 5.73 Å². The second kappa shape index (κ2) is 6.54. The number of carbonyl (C=O) groups is 2. The number of unbranched alkanes of at least 4 members (excludes halogenated alkanes) is 1. The molecule has 0 aromatic carbocycles. The Morgan fingerprint density at radius 2 is 2.05 bits per heavy atom. The van der Waals surface area contributed by atoms with Gasteiger partial charge in [-0.2, -0.15) is 5.10 Å². The molecular weight excluding hydrogens is 256 g/mol. The molecule has 2 N–H and O–H groups in total. The molecule has 0 atom stereocenters. The Balaban J connectivity index is 2.88. The van der Waals surface area contributed by atoms with E-state index < -0.39 is 5.91 Å². The second-order valence-corrected chi connectivity index (χ2v) is 5.89. The first-order valence-corrected chi connectivity index (χ1v) is 6.88. The van der Waals surface area contributed by atoms with E-state index in [9.17, 15) is 9.59 Å². The van der Waals surface area contributed by atoms with E-state index in [1.807, 2.05) is 27.7 Å². The summed E-state index contributed by atoms with van der Waals surface area (Å²) in [6.45, 7) is 8.52. The summed E-state index contributed by atoms with van der Waals surface area (Å²) in [7, 11) is 0. The molecule has 0 saturated carbocycles. The van der Waals surface area contributed by atoms with Crippen LogP contribution in [0.2, 0.25) is 0 Å². The second-order valence-electron chi connectivity index (χ2n) is 5.89. The van der Waals surface area contributed by atoms with Gasteiger partial charge in [0, 0.05) is 12.7 Å². The molecule has 6 heteroatoms. The molecule has 1 rings (SSSR count). The van der Waals surface area contributed by atoms with Crippen molar-refractivity contribution in [1.82, 2.24) is 14.7 Å². The fourth-order valence-corrected chi connectivity index (χ4v) is 1.77. The molecule has 0 bridgehead atoms. The first-order valence-electron chi connectivity index (χ1n) is 6.88. The maximum atomic E-state index is 12.4. The maximum Gasteiger partial charge on any atom is 0.257 e. The van der Waals surface area contributed by atoms with E-state index in [1.54, 1.807) is 10.9 Å². The Morgan fingerprint density at radius 1 is 1.40 bits per heavy atom. The topological polar surface area (TPSA) is 81.2 Å². The molecule has 0 aliphatic heterocycles. The number of rotatable bonds is 6. The summed E-state index contributed by atoms with van der Waals surface area (Å²) in [6.07, 6.45) is 5.03. The van der Waals surface area contributed by atoms with Gasteiger partial charge >= 0.3 is 0 Å². The minimum atomic E-state index is -0.502. The van der Waals surface area contributed by atoms with Crippen molar-refractivity contribution in [2.75, 3.05) is 13.1 Å². The standard InChI is InChI=1S/C14H24N4O2/c1-5-6-7-17(10-12(15)19)13(20)11-8-16-18(9-11)14(2,3)4/h8-9H,5-7,10H2,1-4H3,(H2,15,19). The number of nitrogens with two attached hydrogens (primary N) is 1. The molecule has 20 heavy (non-hydrogen) atoms. The number of amides is 2. The molecule has 0 radical (unpaired) electrons. The van der Waals surface area contributed by atoms with Crippen LogP contribution in [0.5, 0.6) is 0 Å². The average Bonchev–Trinajstić information content (AvgIpc) is 2.82. The zero-order valence-corrected chi connectivity index (χ0v) is 12.7. The molecule has 1 aromatic rings. The van der Waals surface area contributed by atoms with Crippen molar-refractivity contribution < 1.29 is 9.59 Å². The van der Waals surface area contributed by atoms with Crippen molar-refractivity contribution >= 4 is 11.8 Å². The fourth-order valence-electron chi connectivity index (χ4n) is 1.77. The first-order chi connectivity index (χ1) is 9.25. The van der Waals surface area contributed by atoms with Crippen molar-refractivity contribution in [3.05, 3.63) is 18.0 Å². The van der Waals surface area contributed by atoms with Gasteiger partial charge in [-0.1, -0.05) is 13.3 Å². The van der Waals surface area contributed by atoms with E-state index >= 15 is 0 Å². The summed E-state index contributed by atoms with van der Waals surface area (Å²) < 4.78 is 1.74. The Labute approximate surface area is 119 Å². The number of hydrogen-bond donors (Lipinski definition) is 1. The summed E-state index contributed by atoms with van der Waals surface area (Å²) in [5, 5.41) is 4.20. The molecule has 2 amide bonds. The van der Waals surface area contributed by atoms with Gasteiger partial charge in [0.05, 0.1) is 23.8 Å². The van der Waals surface area contributed by atoms with Crippen molar-refractivity contribution in [3.8, 4) is 0 Å². The Hall–Kier alpha value is -1.85. The Bertz CT molecular complexity index is 474. The Morgan fingerprint density at radius 3 is 2.50 bits per heavy atom. The third kappa shape index (κ3) is 4.36. The third-order valence-electron chi connectivity index (χ3n) is 2.93. The lowest BCUT2D eigenvalue weighted by Crippen LogP contribution is -2.39. The highest BCUT2D eigenvalue weighted by atomic mass is 16.2. The smallest absolute Gasteiger partial charge is 0.257 e. The quantitative estimate of drug-likeness (QED) is 0.854. The lowest BCUT2D eigenvalue weighted by Gasteiger charge is -2.21. The largest absolute Gasteiger partial charge is 0.368 e. The molecule has 112 valence electrons. The van der Waals surface area contributed by atoms with Gasteiger partial charge in [-0.15, -0.1) is 0 Å². The van der Waals surface area contributed by atoms with Crippen LogP contribution in [0, 0.1) is 0 Å². The number of nitrogens with zero attached hydrogens (tertiary/aromatic N) is 3. The lowest BCUT2D eigenvalue weighted by molar-refractivity contribution is -0.118. The first kappa shape index (κ1) is 16.2. The summed E-state index contributed by atoms with van der Waals surface area (Å²) in [5.74, 6) is -0.703. The van der Waals surface area contributed by atoms with Crippen LogP contribution in [-0.4, -0.2) is 39.6 Å². The number of carbonyl (C=O) groups excluding carboxylic acids is 2. The molecule has 0 saturated heterocycles. The number of aromatic nitrogens is 2. The third-order valence-corrected chi connectivity index (χ3v) is 2.93. The number of primary amides is 1. The molecule has 0 fully saturated rings. The molecule has 0 aliphatic carbocycles. The van der Waals surface area contributed by atoms with Crippen LogP contribution in [-0.2, 0) is 10.3 Å². The average molecular weight is 280 g/mol. The van der Waals surface area contributed by atoms with Crippen molar-refractivity contribution in [2.45, 2.75) is 46.1 Å². The van der Waals surface area contributed by atoms with Gasteiger partial charge in [0.25, 0.3) is 5.91 Å². The van der Waals surface area contributed by atoms with Gasteiger partial charge in [0.15, 0.2) is 0 Å². The van der Waals surface area contributed by atoms with Crippen molar-refractivity contribution in [2.24, 2.45) is 5.73 Å². The van der Waals surface area contributed by atoms with E-state index in [1.165, 1.54) is 11.1 Å². The van der Waals surface area contributed by atoms with Gasteiger partial charge in [-0.25, -0.2) is 0 Å². The highest BCUT2D eigenvalue weighted by Gasteiger charge is 2.21. The maximum absolute atomic E-state index is 12.4. The SMILES string of the molecule is CCCCN(CC(N)=O)C(=O)c1cnn(C(C)(C)C)c1. The molecular formula is C14H24N4O2. The van der Waals surface area contributed by atoms with Crippen molar-refractivity contribution in [1.29, 1.82) is 0 Å². The van der Waals surface area contributed by atoms with E-state index in [4.69, 9.17) is 5.73 Å². The molecule has 1 aromatic heterocycles. The van der Waals surface area contributed by atoms with E-state index in [0.29, 0.717) is 12.1 Å².